The van der Waals surface area contributed by atoms with Crippen molar-refractivity contribution < 1.29 is 4.79 Å². The molecule has 1 aromatic heterocycles. The summed E-state index contributed by atoms with van der Waals surface area (Å²) in [5.74, 6) is -0.187. The monoisotopic (exact) mass is 323 g/mol. The van der Waals surface area contributed by atoms with E-state index in [-0.39, 0.29) is 23.9 Å². The molecule has 1 aromatic rings. The largest absolute Gasteiger partial charge is 0.352 e. The Balaban J connectivity index is 0.00000256. The fraction of sp³-hybridized carbons (Fsp3) is 0.400. The number of hydrogen-bond donors (Lipinski definition) is 3. The van der Waals surface area contributed by atoms with Gasteiger partial charge in [-0.15, -0.1) is 12.4 Å². The number of carbonyl (C=O) groups excluding carboxylic acids is 1. The van der Waals surface area contributed by atoms with Gasteiger partial charge in [0.25, 0.3) is 11.5 Å². The maximum atomic E-state index is 11.6. The topological polar surface area (TPSA) is 74.0 Å². The Kier molecular flexibility index (Phi) is 7.86. The first kappa shape index (κ1) is 16.1. The second-order valence-corrected chi connectivity index (χ2v) is 4.13. The summed E-state index contributed by atoms with van der Waals surface area (Å²) in [5, 5.41) is 5.75. The number of halogens is 2. The third-order valence-electron chi connectivity index (χ3n) is 2.01. The number of rotatable bonds is 5. The van der Waals surface area contributed by atoms with Crippen LogP contribution in [0.3, 0.4) is 0 Å². The lowest BCUT2D eigenvalue weighted by Gasteiger charge is -2.04. The average molecular weight is 325 g/mol. The van der Waals surface area contributed by atoms with Crippen LogP contribution in [0.25, 0.3) is 0 Å². The number of aromatic nitrogens is 1. The van der Waals surface area contributed by atoms with Crippen molar-refractivity contribution in [3.05, 3.63) is 32.7 Å². The van der Waals surface area contributed by atoms with Crippen LogP contribution >= 0.6 is 28.3 Å². The van der Waals surface area contributed by atoms with Crippen molar-refractivity contribution in [1.29, 1.82) is 0 Å². The predicted octanol–water partition coefficient (Wildman–Crippen LogP) is 0.898. The third-order valence-corrected chi connectivity index (χ3v) is 2.60. The van der Waals surface area contributed by atoms with E-state index in [4.69, 9.17) is 0 Å². The lowest BCUT2D eigenvalue weighted by molar-refractivity contribution is 0.0953. The quantitative estimate of drug-likeness (QED) is 0.705. The molecule has 0 aliphatic rings. The molecular weight excluding hydrogens is 309 g/mol. The van der Waals surface area contributed by atoms with E-state index in [1.807, 2.05) is 7.05 Å². The smallest absolute Gasteiger partial charge is 0.262 e. The first-order valence-corrected chi connectivity index (χ1v) is 5.75. The molecule has 0 spiro atoms. The lowest BCUT2D eigenvalue weighted by Crippen LogP contribution is -2.27. The Morgan fingerprint density at radius 3 is 2.76 bits per heavy atom. The van der Waals surface area contributed by atoms with Gasteiger partial charge in [0.1, 0.15) is 0 Å². The van der Waals surface area contributed by atoms with Crippen LogP contribution in [0.2, 0.25) is 0 Å². The van der Waals surface area contributed by atoms with Crippen molar-refractivity contribution >= 4 is 34.2 Å². The standard InChI is InChI=1S/C10H14BrN3O2.ClH/c1-12-3-2-4-13-9(15)7-5-8(11)10(16)14-6-7;/h5-6,12H,2-4H2,1H3,(H,13,15)(H,14,16);1H. The second-order valence-electron chi connectivity index (χ2n) is 3.28. The van der Waals surface area contributed by atoms with Gasteiger partial charge in [-0.25, -0.2) is 0 Å². The minimum Gasteiger partial charge on any atom is -0.352 e. The van der Waals surface area contributed by atoms with Crippen LogP contribution in [0.4, 0.5) is 0 Å². The molecule has 96 valence electrons. The maximum absolute atomic E-state index is 11.6. The van der Waals surface area contributed by atoms with Crippen LogP contribution < -0.4 is 16.2 Å². The summed E-state index contributed by atoms with van der Waals surface area (Å²) in [6.07, 6.45) is 2.27. The Morgan fingerprint density at radius 1 is 1.47 bits per heavy atom. The number of carbonyl (C=O) groups is 1. The van der Waals surface area contributed by atoms with Crippen molar-refractivity contribution in [2.75, 3.05) is 20.1 Å². The zero-order valence-electron chi connectivity index (χ0n) is 9.38. The van der Waals surface area contributed by atoms with Crippen molar-refractivity contribution in [1.82, 2.24) is 15.6 Å². The average Bonchev–Trinajstić information content (AvgIpc) is 2.28. The Bertz CT molecular complexity index is 422. The first-order valence-electron chi connectivity index (χ1n) is 4.96. The lowest BCUT2D eigenvalue weighted by atomic mass is 10.2. The molecule has 3 N–H and O–H groups in total. The Labute approximate surface area is 114 Å². The fourth-order valence-corrected chi connectivity index (χ4v) is 1.52. The van der Waals surface area contributed by atoms with Gasteiger partial charge in [-0.05, 0) is 42.0 Å². The van der Waals surface area contributed by atoms with E-state index in [1.54, 1.807) is 0 Å². The second kappa shape index (κ2) is 8.27. The Hall–Kier alpha value is -0.850. The number of amides is 1. The summed E-state index contributed by atoms with van der Waals surface area (Å²) in [6.45, 7) is 1.46. The van der Waals surface area contributed by atoms with Crippen LogP contribution in [0, 0.1) is 0 Å². The SMILES string of the molecule is CNCCCNC(=O)c1c[nH]c(=O)c(Br)c1.Cl. The van der Waals surface area contributed by atoms with Crippen LogP contribution in [0.15, 0.2) is 21.5 Å². The number of pyridine rings is 1. The minimum absolute atomic E-state index is 0. The predicted molar refractivity (Wildman–Crippen MR) is 72.9 cm³/mol. The molecule has 0 atom stereocenters. The molecule has 5 nitrogen and oxygen atoms in total. The van der Waals surface area contributed by atoms with E-state index in [9.17, 15) is 9.59 Å². The molecule has 0 aliphatic heterocycles. The van der Waals surface area contributed by atoms with Gasteiger partial charge in [-0.3, -0.25) is 9.59 Å². The molecule has 7 heteroatoms. The molecule has 17 heavy (non-hydrogen) atoms. The minimum atomic E-state index is -0.244. The molecule has 0 saturated carbocycles. The van der Waals surface area contributed by atoms with E-state index < -0.39 is 0 Å². The van der Waals surface area contributed by atoms with Gasteiger partial charge in [0, 0.05) is 12.7 Å². The van der Waals surface area contributed by atoms with E-state index in [0.717, 1.165) is 13.0 Å². The number of nitrogens with one attached hydrogen (secondary N) is 3. The van der Waals surface area contributed by atoms with E-state index in [2.05, 4.69) is 31.5 Å². The van der Waals surface area contributed by atoms with Crippen molar-refractivity contribution in [3.8, 4) is 0 Å². The highest BCUT2D eigenvalue weighted by molar-refractivity contribution is 9.10. The molecule has 0 aromatic carbocycles. The van der Waals surface area contributed by atoms with Crippen LogP contribution in [0.5, 0.6) is 0 Å². The van der Waals surface area contributed by atoms with Crippen molar-refractivity contribution in [2.45, 2.75) is 6.42 Å². The van der Waals surface area contributed by atoms with Crippen LogP contribution in [-0.4, -0.2) is 31.0 Å². The van der Waals surface area contributed by atoms with Gasteiger partial charge in [0.15, 0.2) is 0 Å². The summed E-state index contributed by atoms with van der Waals surface area (Å²) in [4.78, 5) is 25.1. The first-order chi connectivity index (χ1) is 7.65. The van der Waals surface area contributed by atoms with Gasteiger partial charge in [-0.2, -0.15) is 0 Å². The highest BCUT2D eigenvalue weighted by Gasteiger charge is 2.06. The summed E-state index contributed by atoms with van der Waals surface area (Å²) < 4.78 is 0.357. The third kappa shape index (κ3) is 5.34. The fourth-order valence-electron chi connectivity index (χ4n) is 1.16. The zero-order chi connectivity index (χ0) is 12.0. The molecular formula is C10H15BrClN3O2. The van der Waals surface area contributed by atoms with Crippen LogP contribution in [-0.2, 0) is 0 Å². The highest BCUT2D eigenvalue weighted by Crippen LogP contribution is 2.04. The number of H-pyrrole nitrogens is 1. The van der Waals surface area contributed by atoms with Gasteiger partial charge in [0.05, 0.1) is 10.0 Å². The Morgan fingerprint density at radius 2 is 2.18 bits per heavy atom. The molecule has 0 bridgehead atoms. The zero-order valence-corrected chi connectivity index (χ0v) is 11.8. The normalized spacial score (nSPS) is 9.53. The van der Waals surface area contributed by atoms with Gasteiger partial charge in [0.2, 0.25) is 0 Å². The summed E-state index contributed by atoms with van der Waals surface area (Å²) >= 11 is 3.07. The molecule has 0 fully saturated rings. The van der Waals surface area contributed by atoms with Crippen molar-refractivity contribution in [2.24, 2.45) is 0 Å². The number of hydrogen-bond acceptors (Lipinski definition) is 3. The molecule has 0 radical (unpaired) electrons. The van der Waals surface area contributed by atoms with Gasteiger partial charge in [-0.1, -0.05) is 0 Å². The van der Waals surface area contributed by atoms with E-state index >= 15 is 0 Å². The van der Waals surface area contributed by atoms with Crippen LogP contribution in [0.1, 0.15) is 16.8 Å². The van der Waals surface area contributed by atoms with Gasteiger partial charge >= 0.3 is 0 Å². The van der Waals surface area contributed by atoms with E-state index in [1.165, 1.54) is 12.3 Å². The molecule has 0 unspecified atom stereocenters. The molecule has 1 amide bonds. The summed E-state index contributed by atoms with van der Waals surface area (Å²) in [7, 11) is 1.86. The molecule has 1 heterocycles. The highest BCUT2D eigenvalue weighted by atomic mass is 79.9. The summed E-state index contributed by atoms with van der Waals surface area (Å²) in [5.41, 5.74) is 0.197. The maximum Gasteiger partial charge on any atom is 0.262 e. The van der Waals surface area contributed by atoms with Gasteiger partial charge < -0.3 is 15.6 Å². The summed E-state index contributed by atoms with van der Waals surface area (Å²) in [6, 6.07) is 1.51. The molecule has 0 saturated heterocycles. The molecule has 1 rings (SSSR count). The van der Waals surface area contributed by atoms with E-state index in [0.29, 0.717) is 16.6 Å². The number of aromatic amines is 1. The molecule has 0 aliphatic carbocycles. The van der Waals surface area contributed by atoms with Crippen molar-refractivity contribution in [3.63, 3.8) is 0 Å².